The van der Waals surface area contributed by atoms with Gasteiger partial charge in [-0.3, -0.25) is 9.59 Å². The van der Waals surface area contributed by atoms with E-state index in [-0.39, 0.29) is 17.2 Å². The summed E-state index contributed by atoms with van der Waals surface area (Å²) in [5.41, 5.74) is -5.69. The molecule has 37 heavy (non-hydrogen) atoms. The molecule has 6 nitrogen and oxygen atoms in total. The van der Waals surface area contributed by atoms with Crippen molar-refractivity contribution in [3.8, 4) is 0 Å². The number of hydrogen-bond acceptors (Lipinski definition) is 4. The van der Waals surface area contributed by atoms with Crippen molar-refractivity contribution in [3.05, 3.63) is 69.5 Å². The third-order valence-corrected chi connectivity index (χ3v) is 7.22. The molecule has 0 radical (unpaired) electrons. The Bertz CT molecular complexity index is 1460. The maximum absolute atomic E-state index is 14.0. The lowest BCUT2D eigenvalue weighted by molar-refractivity contribution is -0.137. The van der Waals surface area contributed by atoms with Gasteiger partial charge in [-0.2, -0.15) is 26.3 Å². The highest BCUT2D eigenvalue weighted by Crippen LogP contribution is 2.54. The zero-order chi connectivity index (χ0) is 26.9. The van der Waals surface area contributed by atoms with Crippen molar-refractivity contribution in [1.29, 1.82) is 0 Å². The van der Waals surface area contributed by atoms with Gasteiger partial charge in [-0.25, -0.2) is 0 Å². The molecule has 2 aromatic carbocycles. The minimum Gasteiger partial charge on any atom is -0.391 e. The summed E-state index contributed by atoms with van der Waals surface area (Å²) in [5.74, 6) is -1.29. The number of hydrogen-bond donors (Lipinski definition) is 3. The number of nitrogens with one attached hydrogen (secondary N) is 2. The molecule has 1 spiro atoms. The maximum atomic E-state index is 14.0. The number of amides is 1. The van der Waals surface area contributed by atoms with Gasteiger partial charge in [0.15, 0.2) is 0 Å². The second-order valence-electron chi connectivity index (χ2n) is 9.52. The Balaban J connectivity index is 1.53. The average molecular weight is 525 g/mol. The van der Waals surface area contributed by atoms with Crippen LogP contribution in [0.2, 0.25) is 0 Å². The highest BCUT2D eigenvalue weighted by atomic mass is 19.4. The van der Waals surface area contributed by atoms with Gasteiger partial charge in [0.25, 0.3) is 5.91 Å². The Labute approximate surface area is 205 Å². The predicted molar refractivity (Wildman–Crippen MR) is 123 cm³/mol. The number of anilines is 2. The van der Waals surface area contributed by atoms with Crippen LogP contribution in [0.1, 0.15) is 47.7 Å². The van der Waals surface area contributed by atoms with E-state index in [1.807, 2.05) is 12.2 Å². The molecule has 2 unspecified atom stereocenters. The molecule has 1 saturated heterocycles. The van der Waals surface area contributed by atoms with E-state index < -0.39 is 63.1 Å². The Kier molecular flexibility index (Phi) is 5.59. The standard InChI is InChI=1S/C25H21F6N3O3/c1-12-7-8-23(10-19(23)35)34(12)13-5-6-17(16(9-13)25(29,30)31)33-22(37)14-11-32-18-4-2-3-15(24(26,27)28)20(18)21(14)36/h2-6,9,11-12,19,35H,7-8,10H2,1H3,(H,32,36)(H,33,37)/t12?,19-,23?/m0/s1. The number of aliphatic hydroxyl groups is 1. The van der Waals surface area contributed by atoms with Gasteiger partial charge >= 0.3 is 12.4 Å². The Morgan fingerprint density at radius 2 is 1.78 bits per heavy atom. The highest BCUT2D eigenvalue weighted by Gasteiger charge is 2.61. The van der Waals surface area contributed by atoms with Crippen molar-refractivity contribution in [1.82, 2.24) is 4.98 Å². The van der Waals surface area contributed by atoms with Crippen molar-refractivity contribution in [2.24, 2.45) is 0 Å². The van der Waals surface area contributed by atoms with E-state index in [1.54, 1.807) is 4.90 Å². The number of rotatable bonds is 3. The van der Waals surface area contributed by atoms with Crippen molar-refractivity contribution in [2.45, 2.75) is 56.2 Å². The first kappa shape index (κ1) is 25.1. The van der Waals surface area contributed by atoms with Gasteiger partial charge in [-0.1, -0.05) is 6.07 Å². The van der Waals surface area contributed by atoms with Crippen LogP contribution in [0.5, 0.6) is 0 Å². The number of carbonyl (C=O) groups excluding carboxylic acids is 1. The third-order valence-electron chi connectivity index (χ3n) is 7.22. The van der Waals surface area contributed by atoms with E-state index >= 15 is 0 Å². The molecule has 3 aromatic rings. The monoisotopic (exact) mass is 525 g/mol. The smallest absolute Gasteiger partial charge is 0.391 e. The maximum Gasteiger partial charge on any atom is 0.418 e. The number of halogens is 6. The first-order valence-electron chi connectivity index (χ1n) is 11.5. The van der Waals surface area contributed by atoms with Gasteiger partial charge in [0, 0.05) is 29.9 Å². The molecule has 1 aliphatic heterocycles. The van der Waals surface area contributed by atoms with Crippen molar-refractivity contribution < 1.29 is 36.2 Å². The molecule has 196 valence electrons. The number of fused-ring (bicyclic) bond motifs is 1. The molecule has 12 heteroatoms. The van der Waals surface area contributed by atoms with Crippen LogP contribution < -0.4 is 15.6 Å². The second-order valence-corrected chi connectivity index (χ2v) is 9.52. The van der Waals surface area contributed by atoms with E-state index in [4.69, 9.17) is 0 Å². The van der Waals surface area contributed by atoms with E-state index in [1.165, 1.54) is 12.1 Å². The molecule has 1 aliphatic carbocycles. The summed E-state index contributed by atoms with van der Waals surface area (Å²) in [4.78, 5) is 29.9. The number of carbonyl (C=O) groups is 1. The normalized spacial score (nSPS) is 23.6. The first-order valence-corrected chi connectivity index (χ1v) is 11.5. The van der Waals surface area contributed by atoms with Crippen LogP contribution in [-0.4, -0.2) is 33.7 Å². The molecule has 5 rings (SSSR count). The molecule has 2 fully saturated rings. The summed E-state index contributed by atoms with van der Waals surface area (Å²) in [6.45, 7) is 1.85. The van der Waals surface area contributed by atoms with Crippen LogP contribution in [0, 0.1) is 0 Å². The van der Waals surface area contributed by atoms with Gasteiger partial charge in [0.2, 0.25) is 5.43 Å². The SMILES string of the molecule is CC1CCC2(C[C@@H]2O)N1c1ccc(NC(=O)c2c[nH]c3cccc(C(F)(F)F)c3c2=O)c(C(F)(F)F)c1. The second kappa shape index (κ2) is 8.23. The number of nitrogens with zero attached hydrogens (tertiary/aromatic N) is 1. The summed E-state index contributed by atoms with van der Waals surface area (Å²) >= 11 is 0. The quantitative estimate of drug-likeness (QED) is 0.405. The lowest BCUT2D eigenvalue weighted by atomic mass is 10.0. The van der Waals surface area contributed by atoms with E-state index in [2.05, 4.69) is 4.98 Å². The highest BCUT2D eigenvalue weighted by molar-refractivity contribution is 6.06. The molecule has 0 bridgehead atoms. The van der Waals surface area contributed by atoms with Crippen LogP contribution in [0.25, 0.3) is 10.9 Å². The largest absolute Gasteiger partial charge is 0.418 e. The van der Waals surface area contributed by atoms with E-state index in [0.29, 0.717) is 25.3 Å². The molecule has 2 heterocycles. The Hall–Kier alpha value is -3.54. The summed E-state index contributed by atoms with van der Waals surface area (Å²) in [5, 5.41) is 11.4. The molecular formula is C25H21F6N3O3. The topological polar surface area (TPSA) is 85.4 Å². The molecule has 2 aliphatic rings. The zero-order valence-corrected chi connectivity index (χ0v) is 19.3. The number of aromatic nitrogens is 1. The summed E-state index contributed by atoms with van der Waals surface area (Å²) < 4.78 is 82.4. The lowest BCUT2D eigenvalue weighted by Crippen LogP contribution is -2.39. The van der Waals surface area contributed by atoms with E-state index in [0.717, 1.165) is 24.4 Å². The third kappa shape index (κ3) is 4.12. The van der Waals surface area contributed by atoms with Crippen molar-refractivity contribution >= 4 is 28.2 Å². The first-order chi connectivity index (χ1) is 17.2. The number of aliphatic hydroxyl groups excluding tert-OH is 1. The molecule has 1 amide bonds. The molecule has 1 saturated carbocycles. The van der Waals surface area contributed by atoms with Crippen LogP contribution in [0.15, 0.2) is 47.4 Å². The van der Waals surface area contributed by atoms with Gasteiger partial charge in [0.05, 0.1) is 33.8 Å². The minimum absolute atomic E-state index is 0.113. The number of H-pyrrole nitrogens is 1. The number of alkyl halides is 6. The lowest BCUT2D eigenvalue weighted by Gasteiger charge is -2.32. The van der Waals surface area contributed by atoms with Gasteiger partial charge in [-0.05, 0) is 50.1 Å². The van der Waals surface area contributed by atoms with Crippen LogP contribution in [-0.2, 0) is 12.4 Å². The number of benzene rings is 2. The Morgan fingerprint density at radius 1 is 1.11 bits per heavy atom. The van der Waals surface area contributed by atoms with Crippen molar-refractivity contribution in [2.75, 3.05) is 10.2 Å². The number of pyridine rings is 1. The van der Waals surface area contributed by atoms with Crippen LogP contribution in [0.3, 0.4) is 0 Å². The van der Waals surface area contributed by atoms with Crippen molar-refractivity contribution in [3.63, 3.8) is 0 Å². The van der Waals surface area contributed by atoms with Gasteiger partial charge in [-0.15, -0.1) is 0 Å². The fourth-order valence-corrected chi connectivity index (χ4v) is 5.35. The predicted octanol–water partition coefficient (Wildman–Crippen LogP) is 5.31. The summed E-state index contributed by atoms with van der Waals surface area (Å²) in [6, 6.07) is 6.17. The Morgan fingerprint density at radius 3 is 2.41 bits per heavy atom. The van der Waals surface area contributed by atoms with Crippen LogP contribution >= 0.6 is 0 Å². The average Bonchev–Trinajstić information content (AvgIpc) is 3.34. The minimum atomic E-state index is -4.89. The van der Waals surface area contributed by atoms with Gasteiger partial charge < -0.3 is 20.3 Å². The summed E-state index contributed by atoms with van der Waals surface area (Å²) in [6.07, 6.45) is -7.78. The molecule has 3 atom stereocenters. The molecular weight excluding hydrogens is 504 g/mol. The zero-order valence-electron chi connectivity index (χ0n) is 19.3. The summed E-state index contributed by atoms with van der Waals surface area (Å²) in [7, 11) is 0. The van der Waals surface area contributed by atoms with Gasteiger partial charge in [0.1, 0.15) is 5.56 Å². The van der Waals surface area contributed by atoms with Crippen LogP contribution in [0.4, 0.5) is 37.7 Å². The fraction of sp³-hybridized carbons (Fsp3) is 0.360. The molecule has 3 N–H and O–H groups in total. The molecule has 1 aromatic heterocycles. The number of aromatic amines is 1. The fourth-order valence-electron chi connectivity index (χ4n) is 5.35. The van der Waals surface area contributed by atoms with E-state index in [9.17, 15) is 41.0 Å².